The second-order valence-electron chi connectivity index (χ2n) is 6.66. The van der Waals surface area contributed by atoms with Crippen LogP contribution in [0.1, 0.15) is 27.7 Å². The van der Waals surface area contributed by atoms with E-state index in [0.717, 1.165) is 5.56 Å². The molecule has 3 heterocycles. The van der Waals surface area contributed by atoms with Crippen LogP contribution >= 0.6 is 0 Å². The second kappa shape index (κ2) is 5.31. The van der Waals surface area contributed by atoms with E-state index in [1.165, 1.54) is 0 Å². The predicted octanol–water partition coefficient (Wildman–Crippen LogP) is 1.18. The van der Waals surface area contributed by atoms with Crippen LogP contribution in [0.15, 0.2) is 18.3 Å². The molecule has 1 saturated heterocycles. The van der Waals surface area contributed by atoms with E-state index in [9.17, 15) is 0 Å². The molecule has 1 aliphatic heterocycles. The van der Waals surface area contributed by atoms with Crippen LogP contribution < -0.4 is 10.3 Å². The predicted molar refractivity (Wildman–Crippen MR) is 86.5 cm³/mol. The number of hydrogen-bond acceptors (Lipinski definition) is 6. The molecule has 1 fully saturated rings. The van der Waals surface area contributed by atoms with Gasteiger partial charge < -0.3 is 14.0 Å². The van der Waals surface area contributed by atoms with Crippen molar-refractivity contribution < 1.29 is 14.0 Å². The van der Waals surface area contributed by atoms with Crippen molar-refractivity contribution in [1.29, 1.82) is 0 Å². The highest BCUT2D eigenvalue weighted by atomic mass is 16.7. The third kappa shape index (κ3) is 2.72. The summed E-state index contributed by atoms with van der Waals surface area (Å²) < 4.78 is 19.1. The average Bonchev–Trinajstić information content (AvgIpc) is 2.99. The highest BCUT2D eigenvalue weighted by Crippen LogP contribution is 2.36. The van der Waals surface area contributed by atoms with Gasteiger partial charge in [-0.2, -0.15) is 0 Å². The summed E-state index contributed by atoms with van der Waals surface area (Å²) in [4.78, 5) is 4.54. The molecular formula is C15H21BN4O3. The number of aryl methyl sites for hydroxylation is 1. The Kier molecular flexibility index (Phi) is 3.69. The van der Waals surface area contributed by atoms with Gasteiger partial charge in [0.15, 0.2) is 0 Å². The van der Waals surface area contributed by atoms with Gasteiger partial charge in [-0.15, -0.1) is 5.10 Å². The van der Waals surface area contributed by atoms with Gasteiger partial charge in [-0.05, 0) is 39.8 Å². The van der Waals surface area contributed by atoms with Crippen LogP contribution in [-0.4, -0.2) is 45.4 Å². The van der Waals surface area contributed by atoms with Crippen molar-refractivity contribution in [2.75, 3.05) is 7.11 Å². The van der Waals surface area contributed by atoms with Gasteiger partial charge in [-0.25, -0.2) is 4.98 Å². The molecule has 7 nitrogen and oxygen atoms in total. The van der Waals surface area contributed by atoms with E-state index in [1.807, 2.05) is 53.1 Å². The topological polar surface area (TPSA) is 71.3 Å². The van der Waals surface area contributed by atoms with Gasteiger partial charge in [0.05, 0.1) is 35.7 Å². The molecule has 0 N–H and O–H groups in total. The first kappa shape index (κ1) is 16.0. The maximum Gasteiger partial charge on any atom is 0.514 e. The lowest BCUT2D eigenvalue weighted by Gasteiger charge is -2.32. The fourth-order valence-electron chi connectivity index (χ4n) is 2.37. The molecule has 0 bridgehead atoms. The lowest BCUT2D eigenvalue weighted by molar-refractivity contribution is 0.00578. The van der Waals surface area contributed by atoms with Crippen molar-refractivity contribution in [3.8, 4) is 17.1 Å². The van der Waals surface area contributed by atoms with Gasteiger partial charge in [-0.3, -0.25) is 4.68 Å². The number of aromatic nitrogens is 4. The summed E-state index contributed by atoms with van der Waals surface area (Å²) in [5.41, 5.74) is 1.35. The summed E-state index contributed by atoms with van der Waals surface area (Å²) in [6.07, 6.45) is 1.81. The minimum Gasteiger partial charge on any atom is -0.481 e. The highest BCUT2D eigenvalue weighted by Gasteiger charge is 2.52. The van der Waals surface area contributed by atoms with Crippen molar-refractivity contribution in [1.82, 2.24) is 20.0 Å². The normalized spacial score (nSPS) is 19.1. The first-order chi connectivity index (χ1) is 10.7. The first-order valence-corrected chi connectivity index (χ1v) is 7.51. The Morgan fingerprint density at radius 1 is 1.13 bits per heavy atom. The summed E-state index contributed by atoms with van der Waals surface area (Å²) in [6, 6.07) is 3.77. The first-order valence-electron chi connectivity index (χ1n) is 7.51. The zero-order valence-electron chi connectivity index (χ0n) is 14.3. The maximum absolute atomic E-state index is 6.03. The number of ether oxygens (including phenoxy) is 1. The third-order valence-corrected chi connectivity index (χ3v) is 4.45. The SMILES string of the molecule is COc1nc(B2OC(C)(C)C(C)(C)O2)ccc1-c1cn(C)nn1. The summed E-state index contributed by atoms with van der Waals surface area (Å²) in [7, 11) is 2.87. The van der Waals surface area contributed by atoms with E-state index < -0.39 is 18.3 Å². The molecule has 0 unspecified atom stereocenters. The zero-order chi connectivity index (χ0) is 16.8. The van der Waals surface area contributed by atoms with Gasteiger partial charge in [0.2, 0.25) is 5.88 Å². The Bertz CT molecular complexity index is 713. The zero-order valence-corrected chi connectivity index (χ0v) is 14.3. The molecule has 2 aromatic rings. The fraction of sp³-hybridized carbons (Fsp3) is 0.533. The van der Waals surface area contributed by atoms with E-state index in [2.05, 4.69) is 15.3 Å². The van der Waals surface area contributed by atoms with Crippen LogP contribution in [0.25, 0.3) is 11.3 Å². The van der Waals surface area contributed by atoms with Crippen LogP contribution in [-0.2, 0) is 16.4 Å². The van der Waals surface area contributed by atoms with E-state index in [-0.39, 0.29) is 0 Å². The molecule has 122 valence electrons. The number of rotatable bonds is 3. The molecule has 0 atom stereocenters. The van der Waals surface area contributed by atoms with E-state index >= 15 is 0 Å². The van der Waals surface area contributed by atoms with Gasteiger partial charge in [0.1, 0.15) is 5.69 Å². The quantitative estimate of drug-likeness (QED) is 0.792. The lowest BCUT2D eigenvalue weighted by Crippen LogP contribution is -2.41. The Morgan fingerprint density at radius 3 is 2.30 bits per heavy atom. The minimum absolute atomic E-state index is 0.407. The van der Waals surface area contributed by atoms with Crippen molar-refractivity contribution in [3.05, 3.63) is 18.3 Å². The largest absolute Gasteiger partial charge is 0.514 e. The van der Waals surface area contributed by atoms with Crippen LogP contribution in [0.3, 0.4) is 0 Å². The van der Waals surface area contributed by atoms with Crippen molar-refractivity contribution in [2.24, 2.45) is 7.05 Å². The van der Waals surface area contributed by atoms with Crippen LogP contribution in [0, 0.1) is 0 Å². The van der Waals surface area contributed by atoms with Crippen LogP contribution in [0.4, 0.5) is 0 Å². The summed E-state index contributed by atoms with van der Waals surface area (Å²) in [5.74, 6) is 0.470. The van der Waals surface area contributed by atoms with Crippen molar-refractivity contribution in [2.45, 2.75) is 38.9 Å². The lowest BCUT2D eigenvalue weighted by atomic mass is 9.84. The summed E-state index contributed by atoms with van der Waals surface area (Å²) >= 11 is 0. The summed E-state index contributed by atoms with van der Waals surface area (Å²) in [6.45, 7) is 8.05. The van der Waals surface area contributed by atoms with Crippen molar-refractivity contribution >= 4 is 12.7 Å². The molecule has 2 aromatic heterocycles. The number of pyridine rings is 1. The monoisotopic (exact) mass is 316 g/mol. The van der Waals surface area contributed by atoms with E-state index in [4.69, 9.17) is 14.0 Å². The number of hydrogen-bond donors (Lipinski definition) is 0. The molecule has 23 heavy (non-hydrogen) atoms. The van der Waals surface area contributed by atoms with E-state index in [0.29, 0.717) is 17.2 Å². The maximum atomic E-state index is 6.03. The number of methoxy groups -OCH3 is 1. The summed E-state index contributed by atoms with van der Waals surface area (Å²) in [5, 5.41) is 8.04. The Labute approximate surface area is 136 Å². The van der Waals surface area contributed by atoms with Crippen LogP contribution in [0.5, 0.6) is 5.88 Å². The van der Waals surface area contributed by atoms with Gasteiger partial charge >= 0.3 is 7.12 Å². The highest BCUT2D eigenvalue weighted by molar-refractivity contribution is 6.61. The molecule has 0 saturated carbocycles. The Balaban J connectivity index is 1.94. The minimum atomic E-state index is -0.523. The standard InChI is InChI=1S/C15H21BN4O3/c1-14(2)15(3,4)23-16(22-14)12-8-7-10(13(17-12)21-6)11-9-20(5)19-18-11/h7-9H,1-6H3. The molecule has 0 amide bonds. The Morgan fingerprint density at radius 2 is 1.78 bits per heavy atom. The smallest absolute Gasteiger partial charge is 0.481 e. The van der Waals surface area contributed by atoms with E-state index in [1.54, 1.807) is 11.8 Å². The van der Waals surface area contributed by atoms with Crippen molar-refractivity contribution in [3.63, 3.8) is 0 Å². The molecule has 0 radical (unpaired) electrons. The van der Waals surface area contributed by atoms with Gasteiger partial charge in [-0.1, -0.05) is 5.21 Å². The van der Waals surface area contributed by atoms with Gasteiger partial charge in [0, 0.05) is 7.05 Å². The fourth-order valence-corrected chi connectivity index (χ4v) is 2.37. The molecular weight excluding hydrogens is 295 g/mol. The average molecular weight is 316 g/mol. The second-order valence-corrected chi connectivity index (χ2v) is 6.66. The molecule has 0 aliphatic carbocycles. The molecule has 0 spiro atoms. The van der Waals surface area contributed by atoms with Gasteiger partial charge in [0.25, 0.3) is 0 Å². The Hall–Kier alpha value is -1.93. The molecule has 1 aliphatic rings. The number of nitrogens with zero attached hydrogens (tertiary/aromatic N) is 4. The molecule has 8 heteroatoms. The molecule has 3 rings (SSSR count). The van der Waals surface area contributed by atoms with Crippen LogP contribution in [0.2, 0.25) is 0 Å². The molecule has 0 aromatic carbocycles. The third-order valence-electron chi connectivity index (χ3n) is 4.45.